The Kier molecular flexibility index (Phi) is 3.65. The van der Waals surface area contributed by atoms with Gasteiger partial charge < -0.3 is 5.73 Å². The molecular formula is C16H18N2O2. The monoisotopic (exact) mass is 270 g/mol. The molecule has 2 N–H and O–H groups in total. The predicted molar refractivity (Wildman–Crippen MR) is 78.0 cm³/mol. The zero-order chi connectivity index (χ0) is 14.9. The van der Waals surface area contributed by atoms with Crippen LogP contribution in [-0.4, -0.2) is 18.4 Å². The third kappa shape index (κ3) is 2.45. The maximum atomic E-state index is 12.4. The number of aryl methyl sites for hydroxylation is 1. The quantitative estimate of drug-likeness (QED) is 0.622. The molecule has 0 saturated carbocycles. The molecule has 0 bridgehead atoms. The van der Waals surface area contributed by atoms with Crippen LogP contribution < -0.4 is 10.6 Å². The van der Waals surface area contributed by atoms with Crippen LogP contribution in [0.5, 0.6) is 0 Å². The average molecular weight is 270 g/mol. The van der Waals surface area contributed by atoms with Crippen LogP contribution in [0.4, 0.5) is 5.69 Å². The lowest BCUT2D eigenvalue weighted by atomic mass is 9.92. The number of benzene rings is 1. The largest absolute Gasteiger partial charge is 0.320 e. The zero-order valence-electron chi connectivity index (χ0n) is 12.0. The van der Waals surface area contributed by atoms with Gasteiger partial charge in [0.2, 0.25) is 11.8 Å². The molecule has 1 aliphatic rings. The Morgan fingerprint density at radius 3 is 2.60 bits per heavy atom. The highest BCUT2D eigenvalue weighted by Gasteiger charge is 2.46. The molecule has 0 aliphatic carbocycles. The first kappa shape index (κ1) is 14.3. The SMILES string of the molecule is Cc1ccc(C#CCN)c(N2C(=O)CC(C)(C)C2=O)c1. The fourth-order valence-electron chi connectivity index (χ4n) is 2.27. The molecule has 104 valence electrons. The van der Waals surface area contributed by atoms with Crippen LogP contribution in [0.2, 0.25) is 0 Å². The number of rotatable bonds is 1. The molecule has 0 spiro atoms. The molecule has 20 heavy (non-hydrogen) atoms. The van der Waals surface area contributed by atoms with E-state index in [1.165, 1.54) is 4.90 Å². The highest BCUT2D eigenvalue weighted by Crippen LogP contribution is 2.36. The molecular weight excluding hydrogens is 252 g/mol. The lowest BCUT2D eigenvalue weighted by Crippen LogP contribution is -2.33. The molecule has 1 saturated heterocycles. The molecule has 1 heterocycles. The van der Waals surface area contributed by atoms with Gasteiger partial charge in [-0.3, -0.25) is 9.59 Å². The smallest absolute Gasteiger partial charge is 0.239 e. The van der Waals surface area contributed by atoms with E-state index >= 15 is 0 Å². The van der Waals surface area contributed by atoms with Crippen LogP contribution in [0.1, 0.15) is 31.4 Å². The second-order valence-electron chi connectivity index (χ2n) is 5.62. The Balaban J connectivity index is 2.54. The van der Waals surface area contributed by atoms with E-state index in [-0.39, 0.29) is 24.8 Å². The van der Waals surface area contributed by atoms with Crippen molar-refractivity contribution in [2.75, 3.05) is 11.4 Å². The molecule has 2 rings (SSSR count). The van der Waals surface area contributed by atoms with Crippen LogP contribution in [0.15, 0.2) is 18.2 Å². The van der Waals surface area contributed by atoms with Gasteiger partial charge in [0.05, 0.1) is 17.6 Å². The lowest BCUT2D eigenvalue weighted by Gasteiger charge is -2.19. The molecule has 1 aromatic carbocycles. The van der Waals surface area contributed by atoms with Crippen LogP contribution >= 0.6 is 0 Å². The highest BCUT2D eigenvalue weighted by atomic mass is 16.2. The van der Waals surface area contributed by atoms with Gasteiger partial charge in [-0.05, 0) is 24.6 Å². The Labute approximate surface area is 118 Å². The topological polar surface area (TPSA) is 63.4 Å². The van der Waals surface area contributed by atoms with E-state index in [4.69, 9.17) is 5.73 Å². The second kappa shape index (κ2) is 5.10. The Morgan fingerprint density at radius 2 is 2.05 bits per heavy atom. The molecule has 0 radical (unpaired) electrons. The summed E-state index contributed by atoms with van der Waals surface area (Å²) >= 11 is 0. The van der Waals surface area contributed by atoms with Crippen molar-refractivity contribution in [2.24, 2.45) is 11.1 Å². The Bertz CT molecular complexity index is 636. The molecule has 1 aromatic rings. The molecule has 2 amide bonds. The van der Waals surface area contributed by atoms with Crippen molar-refractivity contribution in [3.63, 3.8) is 0 Å². The van der Waals surface area contributed by atoms with Gasteiger partial charge in [0.15, 0.2) is 0 Å². The first-order chi connectivity index (χ1) is 9.36. The van der Waals surface area contributed by atoms with Crippen molar-refractivity contribution in [1.29, 1.82) is 0 Å². The van der Waals surface area contributed by atoms with Crippen LogP contribution in [0.3, 0.4) is 0 Å². The van der Waals surface area contributed by atoms with E-state index in [1.807, 2.05) is 25.1 Å². The number of nitrogens with two attached hydrogens (primary N) is 1. The van der Waals surface area contributed by atoms with Crippen molar-refractivity contribution in [3.8, 4) is 11.8 Å². The van der Waals surface area contributed by atoms with Crippen molar-refractivity contribution < 1.29 is 9.59 Å². The number of amides is 2. The normalized spacial score (nSPS) is 17.1. The van der Waals surface area contributed by atoms with E-state index in [9.17, 15) is 9.59 Å². The number of carbonyl (C=O) groups excluding carboxylic acids is 2. The van der Waals surface area contributed by atoms with Crippen LogP contribution in [0, 0.1) is 24.2 Å². The predicted octanol–water partition coefficient (Wildman–Crippen LogP) is 1.59. The van der Waals surface area contributed by atoms with Gasteiger partial charge in [-0.1, -0.05) is 31.8 Å². The van der Waals surface area contributed by atoms with Gasteiger partial charge in [0, 0.05) is 12.0 Å². The van der Waals surface area contributed by atoms with Gasteiger partial charge in [-0.25, -0.2) is 4.90 Å². The molecule has 0 unspecified atom stereocenters. The van der Waals surface area contributed by atoms with Crippen molar-refractivity contribution in [1.82, 2.24) is 0 Å². The summed E-state index contributed by atoms with van der Waals surface area (Å²) in [7, 11) is 0. The van der Waals surface area contributed by atoms with E-state index in [0.29, 0.717) is 11.3 Å². The van der Waals surface area contributed by atoms with E-state index in [2.05, 4.69) is 11.8 Å². The number of anilines is 1. The molecule has 0 aromatic heterocycles. The number of nitrogens with zero attached hydrogens (tertiary/aromatic N) is 1. The van der Waals surface area contributed by atoms with Crippen LogP contribution in [-0.2, 0) is 9.59 Å². The summed E-state index contributed by atoms with van der Waals surface area (Å²) < 4.78 is 0. The lowest BCUT2D eigenvalue weighted by molar-refractivity contribution is -0.124. The third-order valence-electron chi connectivity index (χ3n) is 3.34. The summed E-state index contributed by atoms with van der Waals surface area (Å²) in [6, 6.07) is 5.54. The van der Waals surface area contributed by atoms with Gasteiger partial charge in [0.25, 0.3) is 0 Å². The van der Waals surface area contributed by atoms with Gasteiger partial charge in [-0.2, -0.15) is 0 Å². The molecule has 1 fully saturated rings. The van der Waals surface area contributed by atoms with Gasteiger partial charge in [-0.15, -0.1) is 0 Å². The average Bonchev–Trinajstić information content (AvgIpc) is 2.57. The minimum absolute atomic E-state index is 0.177. The van der Waals surface area contributed by atoms with Gasteiger partial charge >= 0.3 is 0 Å². The maximum absolute atomic E-state index is 12.4. The third-order valence-corrected chi connectivity index (χ3v) is 3.34. The number of carbonyl (C=O) groups is 2. The summed E-state index contributed by atoms with van der Waals surface area (Å²) in [6.07, 6.45) is 0.226. The molecule has 4 nitrogen and oxygen atoms in total. The van der Waals surface area contributed by atoms with E-state index in [0.717, 1.165) is 5.56 Å². The van der Waals surface area contributed by atoms with Crippen molar-refractivity contribution in [3.05, 3.63) is 29.3 Å². The van der Waals surface area contributed by atoms with Crippen LogP contribution in [0.25, 0.3) is 0 Å². The summed E-state index contributed by atoms with van der Waals surface area (Å²) in [5, 5.41) is 0. The summed E-state index contributed by atoms with van der Waals surface area (Å²) in [5.41, 5.74) is 6.92. The number of hydrogen-bond acceptors (Lipinski definition) is 3. The minimum atomic E-state index is -0.653. The molecule has 0 atom stereocenters. The van der Waals surface area contributed by atoms with Crippen molar-refractivity contribution in [2.45, 2.75) is 27.2 Å². The summed E-state index contributed by atoms with van der Waals surface area (Å²) in [4.78, 5) is 25.8. The Morgan fingerprint density at radius 1 is 1.35 bits per heavy atom. The first-order valence-electron chi connectivity index (χ1n) is 6.54. The highest BCUT2D eigenvalue weighted by molar-refractivity contribution is 6.22. The minimum Gasteiger partial charge on any atom is -0.320 e. The number of imide groups is 1. The maximum Gasteiger partial charge on any atom is 0.239 e. The van der Waals surface area contributed by atoms with Gasteiger partial charge in [0.1, 0.15) is 0 Å². The fourth-order valence-corrected chi connectivity index (χ4v) is 2.27. The molecule has 1 aliphatic heterocycles. The summed E-state index contributed by atoms with van der Waals surface area (Å²) in [6.45, 7) is 5.73. The zero-order valence-corrected chi connectivity index (χ0v) is 12.0. The van der Waals surface area contributed by atoms with E-state index < -0.39 is 5.41 Å². The number of hydrogen-bond donors (Lipinski definition) is 1. The van der Waals surface area contributed by atoms with Crippen molar-refractivity contribution >= 4 is 17.5 Å². The standard InChI is InChI=1S/C16H18N2O2/c1-11-6-7-12(5-4-8-17)13(9-11)18-14(19)10-16(2,3)15(18)20/h6-7,9H,8,10,17H2,1-3H3. The molecule has 4 heteroatoms. The first-order valence-corrected chi connectivity index (χ1v) is 6.54. The Hall–Kier alpha value is -2.12. The second-order valence-corrected chi connectivity index (χ2v) is 5.62. The summed E-state index contributed by atoms with van der Waals surface area (Å²) in [5.74, 6) is 5.33. The fraction of sp³-hybridized carbons (Fsp3) is 0.375. The van der Waals surface area contributed by atoms with E-state index in [1.54, 1.807) is 13.8 Å².